The van der Waals surface area contributed by atoms with Crippen molar-refractivity contribution in [3.63, 3.8) is 0 Å². The van der Waals surface area contributed by atoms with Crippen molar-refractivity contribution in [1.29, 1.82) is 0 Å². The van der Waals surface area contributed by atoms with Crippen molar-refractivity contribution in [1.82, 2.24) is 0 Å². The minimum atomic E-state index is -0.445. The lowest BCUT2D eigenvalue weighted by Gasteiger charge is -2.07. The Hall–Kier alpha value is -3.07. The molecule has 3 heteroatoms. The summed E-state index contributed by atoms with van der Waals surface area (Å²) in [5, 5.41) is 0. The zero-order valence-corrected chi connectivity index (χ0v) is 11.8. The van der Waals surface area contributed by atoms with Gasteiger partial charge in [0.15, 0.2) is 0 Å². The molecule has 0 heterocycles. The number of para-hydroxylation sites is 1. The van der Waals surface area contributed by atoms with Crippen LogP contribution in [0.4, 0.5) is 0 Å². The smallest absolute Gasteiger partial charge is 0.248 e. The van der Waals surface area contributed by atoms with E-state index in [4.69, 9.17) is 10.5 Å². The van der Waals surface area contributed by atoms with E-state index >= 15 is 0 Å². The topological polar surface area (TPSA) is 52.3 Å². The number of benzene rings is 3. The van der Waals surface area contributed by atoms with E-state index in [-0.39, 0.29) is 0 Å². The fourth-order valence-corrected chi connectivity index (χ4v) is 2.11. The number of hydrogen-bond donors (Lipinski definition) is 1. The van der Waals surface area contributed by atoms with Crippen molar-refractivity contribution in [3.8, 4) is 22.6 Å². The molecule has 0 aliphatic carbocycles. The van der Waals surface area contributed by atoms with E-state index in [1.54, 1.807) is 18.2 Å². The molecule has 0 spiro atoms. The number of carbonyl (C=O) groups is 1. The first-order valence-electron chi connectivity index (χ1n) is 6.87. The van der Waals surface area contributed by atoms with Gasteiger partial charge < -0.3 is 10.5 Å². The second-order valence-corrected chi connectivity index (χ2v) is 4.79. The van der Waals surface area contributed by atoms with Crippen molar-refractivity contribution < 1.29 is 9.53 Å². The Labute approximate surface area is 129 Å². The van der Waals surface area contributed by atoms with Crippen molar-refractivity contribution in [2.45, 2.75) is 0 Å². The highest BCUT2D eigenvalue weighted by atomic mass is 16.5. The predicted molar refractivity (Wildman–Crippen MR) is 85.7 cm³/mol. The highest BCUT2D eigenvalue weighted by molar-refractivity contribution is 5.94. The van der Waals surface area contributed by atoms with Crippen molar-refractivity contribution in [3.05, 3.63) is 84.4 Å². The van der Waals surface area contributed by atoms with E-state index in [1.807, 2.05) is 54.6 Å². The van der Waals surface area contributed by atoms with Crippen LogP contribution in [0, 0.1) is 6.07 Å². The van der Waals surface area contributed by atoms with Crippen LogP contribution in [0.3, 0.4) is 0 Å². The predicted octanol–water partition coefficient (Wildman–Crippen LogP) is 4.04. The summed E-state index contributed by atoms with van der Waals surface area (Å²) in [6, 6.07) is 25.4. The van der Waals surface area contributed by atoms with Crippen LogP contribution in [0.5, 0.6) is 11.5 Å². The third kappa shape index (κ3) is 3.15. The molecule has 0 aliphatic rings. The van der Waals surface area contributed by atoms with Crippen LogP contribution in [0.1, 0.15) is 10.4 Å². The zero-order valence-electron chi connectivity index (χ0n) is 11.8. The molecule has 3 aromatic carbocycles. The first-order chi connectivity index (χ1) is 10.7. The Balaban J connectivity index is 1.82. The molecular weight excluding hydrogens is 274 g/mol. The Bertz CT molecular complexity index is 780. The van der Waals surface area contributed by atoms with Crippen LogP contribution in [-0.4, -0.2) is 5.91 Å². The molecule has 0 aliphatic heterocycles. The molecule has 1 amide bonds. The molecule has 0 unspecified atom stereocenters. The summed E-state index contributed by atoms with van der Waals surface area (Å²) >= 11 is 0. The molecule has 0 saturated heterocycles. The Morgan fingerprint density at radius 1 is 0.909 bits per heavy atom. The lowest BCUT2D eigenvalue weighted by atomic mass is 10.0. The van der Waals surface area contributed by atoms with Gasteiger partial charge in [0.05, 0.1) is 0 Å². The molecule has 0 bridgehead atoms. The van der Waals surface area contributed by atoms with Gasteiger partial charge in [-0.3, -0.25) is 4.79 Å². The van der Waals surface area contributed by atoms with Gasteiger partial charge in [-0.05, 0) is 53.6 Å². The summed E-state index contributed by atoms with van der Waals surface area (Å²) in [7, 11) is 0. The average molecular weight is 288 g/mol. The van der Waals surface area contributed by atoms with E-state index in [9.17, 15) is 4.79 Å². The minimum absolute atomic E-state index is 0.445. The highest BCUT2D eigenvalue weighted by Crippen LogP contribution is 2.25. The summed E-state index contributed by atoms with van der Waals surface area (Å²) in [6.45, 7) is 0. The number of amides is 1. The second kappa shape index (κ2) is 6.14. The summed E-state index contributed by atoms with van der Waals surface area (Å²) in [6.07, 6.45) is 0. The van der Waals surface area contributed by atoms with Gasteiger partial charge in [-0.15, -0.1) is 0 Å². The molecule has 3 aromatic rings. The van der Waals surface area contributed by atoms with Crippen LogP contribution in [0.15, 0.2) is 72.8 Å². The lowest BCUT2D eigenvalue weighted by molar-refractivity contribution is 0.100. The van der Waals surface area contributed by atoms with Crippen LogP contribution in [0.2, 0.25) is 0 Å². The molecule has 0 atom stereocenters. The van der Waals surface area contributed by atoms with Gasteiger partial charge in [-0.25, -0.2) is 0 Å². The summed E-state index contributed by atoms with van der Waals surface area (Å²) in [4.78, 5) is 11.2. The Morgan fingerprint density at radius 2 is 1.59 bits per heavy atom. The first kappa shape index (κ1) is 13.9. The van der Waals surface area contributed by atoms with Crippen LogP contribution < -0.4 is 10.5 Å². The summed E-state index contributed by atoms with van der Waals surface area (Å²) in [5.74, 6) is 1.10. The van der Waals surface area contributed by atoms with Crippen LogP contribution in [0.25, 0.3) is 11.1 Å². The number of rotatable bonds is 4. The van der Waals surface area contributed by atoms with Crippen LogP contribution >= 0.6 is 0 Å². The molecule has 0 saturated carbocycles. The second-order valence-electron chi connectivity index (χ2n) is 4.79. The molecule has 3 rings (SSSR count). The fraction of sp³-hybridized carbons (Fsp3) is 0. The fourth-order valence-electron chi connectivity index (χ4n) is 2.11. The van der Waals surface area contributed by atoms with Gasteiger partial charge in [0.25, 0.3) is 0 Å². The first-order valence-corrected chi connectivity index (χ1v) is 6.87. The van der Waals surface area contributed by atoms with E-state index in [0.717, 1.165) is 22.6 Å². The number of ether oxygens (including phenoxy) is 1. The van der Waals surface area contributed by atoms with Gasteiger partial charge in [-0.2, -0.15) is 0 Å². The maximum atomic E-state index is 11.2. The molecule has 3 nitrogen and oxygen atoms in total. The zero-order chi connectivity index (χ0) is 15.4. The minimum Gasteiger partial charge on any atom is -0.457 e. The summed E-state index contributed by atoms with van der Waals surface area (Å²) in [5.41, 5.74) is 7.54. The molecule has 0 aromatic heterocycles. The van der Waals surface area contributed by atoms with Gasteiger partial charge in [0, 0.05) is 5.56 Å². The van der Waals surface area contributed by atoms with Crippen molar-refractivity contribution >= 4 is 5.91 Å². The van der Waals surface area contributed by atoms with Crippen molar-refractivity contribution in [2.24, 2.45) is 5.73 Å². The van der Waals surface area contributed by atoms with Gasteiger partial charge in [0.2, 0.25) is 5.91 Å². The Morgan fingerprint density at radius 3 is 2.27 bits per heavy atom. The summed E-state index contributed by atoms with van der Waals surface area (Å²) < 4.78 is 5.75. The number of carbonyl (C=O) groups excluding carboxylic acids is 1. The lowest BCUT2D eigenvalue weighted by Crippen LogP contribution is -2.10. The van der Waals surface area contributed by atoms with Gasteiger partial charge >= 0.3 is 0 Å². The molecule has 2 N–H and O–H groups in total. The van der Waals surface area contributed by atoms with Crippen molar-refractivity contribution in [2.75, 3.05) is 0 Å². The number of hydrogen-bond acceptors (Lipinski definition) is 2. The van der Waals surface area contributed by atoms with Gasteiger partial charge in [0.1, 0.15) is 11.5 Å². The normalized spacial score (nSPS) is 10.2. The molecular formula is C19H14NO2. The maximum Gasteiger partial charge on any atom is 0.248 e. The molecule has 1 radical (unpaired) electrons. The largest absolute Gasteiger partial charge is 0.457 e. The monoisotopic (exact) mass is 288 g/mol. The van der Waals surface area contributed by atoms with Crippen LogP contribution in [-0.2, 0) is 0 Å². The molecule has 107 valence electrons. The van der Waals surface area contributed by atoms with Gasteiger partial charge in [-0.1, -0.05) is 36.4 Å². The van der Waals surface area contributed by atoms with E-state index in [1.165, 1.54) is 0 Å². The number of primary amides is 1. The number of nitrogens with two attached hydrogens (primary N) is 1. The third-order valence-corrected chi connectivity index (χ3v) is 3.23. The standard InChI is InChI=1S/C19H14NO2/c20-19(21)16-6-4-5-15(13-16)14-9-11-18(12-10-14)22-17-7-2-1-3-8-17/h1-4,6-13H,(H2,20,21). The average Bonchev–Trinajstić information content (AvgIpc) is 2.56. The maximum absolute atomic E-state index is 11.2. The van der Waals surface area contributed by atoms with E-state index in [0.29, 0.717) is 5.56 Å². The SMILES string of the molecule is NC(=O)c1cc[c]c(-c2ccc(Oc3ccccc3)cc2)c1. The van der Waals surface area contributed by atoms with E-state index in [2.05, 4.69) is 6.07 Å². The quantitative estimate of drug-likeness (QED) is 0.787. The Kier molecular flexibility index (Phi) is 3.88. The highest BCUT2D eigenvalue weighted by Gasteiger charge is 2.04. The molecule has 0 fully saturated rings. The molecule has 22 heavy (non-hydrogen) atoms. The van der Waals surface area contributed by atoms with E-state index < -0.39 is 5.91 Å². The third-order valence-electron chi connectivity index (χ3n) is 3.23.